The molecular formula is C15H23ClN2OS. The van der Waals surface area contributed by atoms with Crippen LogP contribution in [-0.4, -0.2) is 29.9 Å². The van der Waals surface area contributed by atoms with Crippen molar-refractivity contribution in [2.45, 2.75) is 45.1 Å². The van der Waals surface area contributed by atoms with Gasteiger partial charge in [0.25, 0.3) is 5.91 Å². The molecule has 0 radical (unpaired) electrons. The summed E-state index contributed by atoms with van der Waals surface area (Å²) >= 11 is 1.72. The minimum absolute atomic E-state index is 0. The predicted molar refractivity (Wildman–Crippen MR) is 85.9 cm³/mol. The van der Waals surface area contributed by atoms with E-state index in [1.54, 1.807) is 11.3 Å². The van der Waals surface area contributed by atoms with Crippen molar-refractivity contribution in [3.63, 3.8) is 0 Å². The van der Waals surface area contributed by atoms with Crippen LogP contribution < -0.4 is 5.73 Å². The zero-order valence-electron chi connectivity index (χ0n) is 11.9. The summed E-state index contributed by atoms with van der Waals surface area (Å²) in [5.41, 5.74) is 7.44. The van der Waals surface area contributed by atoms with Crippen LogP contribution in [0.1, 0.15) is 46.3 Å². The molecule has 2 aliphatic rings. The Balaban J connectivity index is 0.00000147. The highest BCUT2D eigenvalue weighted by Gasteiger charge is 2.28. The molecule has 1 aromatic rings. The molecular weight excluding hydrogens is 292 g/mol. The number of piperidine rings is 1. The third kappa shape index (κ3) is 3.02. The number of amides is 1. The Bertz CT molecular complexity index is 465. The largest absolute Gasteiger partial charge is 0.338 e. The highest BCUT2D eigenvalue weighted by atomic mass is 35.5. The van der Waals surface area contributed by atoms with Gasteiger partial charge in [0.2, 0.25) is 0 Å². The van der Waals surface area contributed by atoms with Gasteiger partial charge in [0.05, 0.1) is 4.88 Å². The Kier molecular flexibility index (Phi) is 5.10. The lowest BCUT2D eigenvalue weighted by Crippen LogP contribution is -2.48. The zero-order valence-corrected chi connectivity index (χ0v) is 13.6. The summed E-state index contributed by atoms with van der Waals surface area (Å²) in [5.74, 6) is 0.630. The number of thiophene rings is 1. The van der Waals surface area contributed by atoms with Crippen molar-refractivity contribution in [2.75, 3.05) is 13.1 Å². The smallest absolute Gasteiger partial charge is 0.263 e. The monoisotopic (exact) mass is 314 g/mol. The molecule has 1 aliphatic carbocycles. The van der Waals surface area contributed by atoms with Crippen molar-refractivity contribution in [3.05, 3.63) is 21.4 Å². The van der Waals surface area contributed by atoms with Crippen molar-refractivity contribution in [1.29, 1.82) is 0 Å². The van der Waals surface area contributed by atoms with Crippen molar-refractivity contribution in [3.8, 4) is 0 Å². The molecule has 2 N–H and O–H groups in total. The number of aryl methyl sites for hydroxylation is 2. The lowest BCUT2D eigenvalue weighted by atomic mass is 9.94. The standard InChI is InChI=1S/C15H22N2OS.ClH/c1-10-9-17(7-6-12(10)16)15(18)14-8-11-4-2-3-5-13(11)19-14;/h8,10,12H,2-7,9,16H2,1H3;1H. The number of fused-ring (bicyclic) bond motifs is 1. The van der Waals surface area contributed by atoms with Crippen LogP contribution in [-0.2, 0) is 12.8 Å². The molecule has 0 aromatic carbocycles. The first-order valence-electron chi connectivity index (χ1n) is 7.31. The van der Waals surface area contributed by atoms with Crippen molar-refractivity contribution >= 4 is 29.7 Å². The van der Waals surface area contributed by atoms with E-state index >= 15 is 0 Å². The van der Waals surface area contributed by atoms with Crippen LogP contribution in [0.5, 0.6) is 0 Å². The number of likely N-dealkylation sites (tertiary alicyclic amines) is 1. The van der Waals surface area contributed by atoms with E-state index in [2.05, 4.69) is 13.0 Å². The normalized spacial score (nSPS) is 25.8. The third-order valence-electron chi connectivity index (χ3n) is 4.47. The van der Waals surface area contributed by atoms with Gasteiger partial charge in [0, 0.05) is 24.0 Å². The van der Waals surface area contributed by atoms with Crippen LogP contribution in [0.25, 0.3) is 0 Å². The molecule has 3 rings (SSSR count). The van der Waals surface area contributed by atoms with Gasteiger partial charge >= 0.3 is 0 Å². The second-order valence-corrected chi connectivity index (χ2v) is 7.08. The molecule has 112 valence electrons. The molecule has 0 bridgehead atoms. The molecule has 2 unspecified atom stereocenters. The van der Waals surface area contributed by atoms with Crippen LogP contribution in [0, 0.1) is 5.92 Å². The number of nitrogens with zero attached hydrogens (tertiary/aromatic N) is 1. The number of nitrogens with two attached hydrogens (primary N) is 1. The number of halogens is 1. The molecule has 1 amide bonds. The molecule has 1 aromatic heterocycles. The van der Waals surface area contributed by atoms with Crippen LogP contribution >= 0.6 is 23.7 Å². The van der Waals surface area contributed by atoms with Gasteiger partial charge in [-0.1, -0.05) is 6.92 Å². The summed E-state index contributed by atoms with van der Waals surface area (Å²) in [6, 6.07) is 2.39. The molecule has 2 heterocycles. The van der Waals surface area contributed by atoms with E-state index in [-0.39, 0.29) is 24.4 Å². The summed E-state index contributed by atoms with van der Waals surface area (Å²) in [6.45, 7) is 3.76. The summed E-state index contributed by atoms with van der Waals surface area (Å²) in [4.78, 5) is 16.9. The first-order valence-corrected chi connectivity index (χ1v) is 8.13. The predicted octanol–water partition coefficient (Wildman–Crippen LogP) is 2.86. The fourth-order valence-corrected chi connectivity index (χ4v) is 4.32. The first kappa shape index (κ1) is 15.8. The molecule has 5 heteroatoms. The molecule has 1 saturated heterocycles. The van der Waals surface area contributed by atoms with Crippen molar-refractivity contribution in [2.24, 2.45) is 11.7 Å². The van der Waals surface area contributed by atoms with E-state index in [0.717, 1.165) is 37.2 Å². The molecule has 1 aliphatic heterocycles. The van der Waals surface area contributed by atoms with E-state index in [9.17, 15) is 4.79 Å². The molecule has 1 fully saturated rings. The summed E-state index contributed by atoms with van der Waals surface area (Å²) in [6.07, 6.45) is 5.79. The van der Waals surface area contributed by atoms with Crippen LogP contribution in [0.2, 0.25) is 0 Å². The van der Waals surface area contributed by atoms with Gasteiger partial charge in [0.15, 0.2) is 0 Å². The molecule has 2 atom stereocenters. The Hall–Kier alpha value is -0.580. The van der Waals surface area contributed by atoms with E-state index < -0.39 is 0 Å². The van der Waals surface area contributed by atoms with Gasteiger partial charge < -0.3 is 10.6 Å². The quantitative estimate of drug-likeness (QED) is 0.866. The van der Waals surface area contributed by atoms with Crippen molar-refractivity contribution in [1.82, 2.24) is 4.90 Å². The SMILES string of the molecule is CC1CN(C(=O)c2cc3c(s2)CCCC3)CCC1N.Cl. The number of hydrogen-bond acceptors (Lipinski definition) is 3. The van der Waals surface area contributed by atoms with Gasteiger partial charge in [-0.15, -0.1) is 23.7 Å². The number of carbonyl (C=O) groups is 1. The van der Waals surface area contributed by atoms with E-state index in [4.69, 9.17) is 5.73 Å². The van der Waals surface area contributed by atoms with Gasteiger partial charge in [-0.25, -0.2) is 0 Å². The average molecular weight is 315 g/mol. The fourth-order valence-electron chi connectivity index (χ4n) is 3.10. The average Bonchev–Trinajstić information content (AvgIpc) is 2.85. The maximum atomic E-state index is 12.6. The van der Waals surface area contributed by atoms with Gasteiger partial charge in [-0.2, -0.15) is 0 Å². The fraction of sp³-hybridized carbons (Fsp3) is 0.667. The van der Waals surface area contributed by atoms with E-state index in [1.165, 1.54) is 23.3 Å². The maximum Gasteiger partial charge on any atom is 0.263 e. The highest BCUT2D eigenvalue weighted by Crippen LogP contribution is 2.31. The third-order valence-corrected chi connectivity index (χ3v) is 5.69. The van der Waals surface area contributed by atoms with Gasteiger partial charge in [-0.3, -0.25) is 4.79 Å². The van der Waals surface area contributed by atoms with Gasteiger partial charge in [0.1, 0.15) is 0 Å². The Morgan fingerprint density at radius 1 is 1.40 bits per heavy atom. The number of hydrogen-bond donors (Lipinski definition) is 1. The minimum atomic E-state index is 0. The lowest BCUT2D eigenvalue weighted by molar-refractivity contribution is 0.0669. The minimum Gasteiger partial charge on any atom is -0.338 e. The molecule has 20 heavy (non-hydrogen) atoms. The number of rotatable bonds is 1. The number of carbonyl (C=O) groups excluding carboxylic acids is 1. The summed E-state index contributed by atoms with van der Waals surface area (Å²) in [5, 5.41) is 0. The molecule has 3 nitrogen and oxygen atoms in total. The Morgan fingerprint density at radius 2 is 2.15 bits per heavy atom. The molecule has 0 saturated carbocycles. The van der Waals surface area contributed by atoms with Crippen LogP contribution in [0.15, 0.2) is 6.07 Å². The molecule has 0 spiro atoms. The van der Waals surface area contributed by atoms with Crippen LogP contribution in [0.3, 0.4) is 0 Å². The highest BCUT2D eigenvalue weighted by molar-refractivity contribution is 7.14. The first-order chi connectivity index (χ1) is 9.15. The van der Waals surface area contributed by atoms with E-state index in [1.807, 2.05) is 4.90 Å². The maximum absolute atomic E-state index is 12.6. The second kappa shape index (κ2) is 6.46. The summed E-state index contributed by atoms with van der Waals surface area (Å²) in [7, 11) is 0. The van der Waals surface area contributed by atoms with E-state index in [0.29, 0.717) is 5.92 Å². The topological polar surface area (TPSA) is 46.3 Å². The zero-order chi connectivity index (χ0) is 13.4. The van der Waals surface area contributed by atoms with Gasteiger partial charge in [-0.05, 0) is 49.7 Å². The van der Waals surface area contributed by atoms with Crippen LogP contribution in [0.4, 0.5) is 0 Å². The summed E-state index contributed by atoms with van der Waals surface area (Å²) < 4.78 is 0. The van der Waals surface area contributed by atoms with Crippen molar-refractivity contribution < 1.29 is 4.79 Å². The Morgan fingerprint density at radius 3 is 2.85 bits per heavy atom. The Labute approximate surface area is 130 Å². The second-order valence-electron chi connectivity index (χ2n) is 5.95. The lowest BCUT2D eigenvalue weighted by Gasteiger charge is -2.34.